The van der Waals surface area contributed by atoms with Gasteiger partial charge in [-0.05, 0) is 37.1 Å². The van der Waals surface area contributed by atoms with E-state index < -0.39 is 0 Å². The van der Waals surface area contributed by atoms with E-state index in [0.29, 0.717) is 6.54 Å². The van der Waals surface area contributed by atoms with Crippen molar-refractivity contribution in [3.8, 4) is 0 Å². The molecule has 0 unspecified atom stereocenters. The number of aromatic nitrogens is 2. The number of benzene rings is 2. The van der Waals surface area contributed by atoms with Crippen LogP contribution in [0.1, 0.15) is 35.5 Å². The Morgan fingerprint density at radius 3 is 2.60 bits per heavy atom. The van der Waals surface area contributed by atoms with Gasteiger partial charge in [0.25, 0.3) is 0 Å². The van der Waals surface area contributed by atoms with E-state index in [0.717, 1.165) is 27.9 Å². The van der Waals surface area contributed by atoms with E-state index in [9.17, 15) is 4.79 Å². The smallest absolute Gasteiger partial charge is 0.315 e. The number of aryl methyl sites for hydroxylation is 2. The van der Waals surface area contributed by atoms with Crippen LogP contribution in [0.5, 0.6) is 0 Å². The van der Waals surface area contributed by atoms with Crippen LogP contribution in [0.2, 0.25) is 0 Å². The molecule has 2 amide bonds. The number of rotatable bonds is 4. The van der Waals surface area contributed by atoms with Crippen LogP contribution in [0.4, 0.5) is 4.79 Å². The Hall–Kier alpha value is -2.82. The molecule has 0 radical (unpaired) electrons. The summed E-state index contributed by atoms with van der Waals surface area (Å²) in [5.74, 6) is 0. The van der Waals surface area contributed by atoms with E-state index in [1.165, 1.54) is 5.39 Å². The van der Waals surface area contributed by atoms with Gasteiger partial charge in [0.15, 0.2) is 0 Å². The van der Waals surface area contributed by atoms with Crippen molar-refractivity contribution >= 4 is 16.8 Å². The molecule has 0 saturated carbocycles. The second-order valence-electron chi connectivity index (χ2n) is 6.40. The first-order chi connectivity index (χ1) is 12.0. The van der Waals surface area contributed by atoms with Crippen molar-refractivity contribution in [3.63, 3.8) is 0 Å². The molecule has 0 spiro atoms. The van der Waals surface area contributed by atoms with Gasteiger partial charge in [-0.15, -0.1) is 0 Å². The van der Waals surface area contributed by atoms with Crippen LogP contribution >= 0.6 is 0 Å². The summed E-state index contributed by atoms with van der Waals surface area (Å²) < 4.78 is 1.84. The molecule has 1 aromatic heterocycles. The van der Waals surface area contributed by atoms with Gasteiger partial charge in [-0.2, -0.15) is 5.10 Å². The average molecular weight is 336 g/mol. The Kier molecular flexibility index (Phi) is 4.74. The quantitative estimate of drug-likeness (QED) is 0.762. The summed E-state index contributed by atoms with van der Waals surface area (Å²) in [5.41, 5.74) is 4.19. The fourth-order valence-electron chi connectivity index (χ4n) is 3.36. The monoisotopic (exact) mass is 336 g/mol. The predicted octanol–water partition coefficient (Wildman–Crippen LogP) is 3.75. The molecule has 0 aliphatic heterocycles. The minimum absolute atomic E-state index is 0.0961. The third-order valence-electron chi connectivity index (χ3n) is 4.66. The Balaban J connectivity index is 1.66. The van der Waals surface area contributed by atoms with Gasteiger partial charge in [-0.25, -0.2) is 4.79 Å². The molecule has 0 fully saturated rings. The summed E-state index contributed by atoms with van der Waals surface area (Å²) >= 11 is 0. The topological polar surface area (TPSA) is 59.0 Å². The number of hydrogen-bond donors (Lipinski definition) is 2. The molecule has 25 heavy (non-hydrogen) atoms. The molecule has 3 rings (SSSR count). The van der Waals surface area contributed by atoms with Gasteiger partial charge in [0.2, 0.25) is 0 Å². The van der Waals surface area contributed by atoms with Crippen LogP contribution in [0.25, 0.3) is 10.8 Å². The number of carbonyl (C=O) groups excluding carboxylic acids is 1. The van der Waals surface area contributed by atoms with Crippen molar-refractivity contribution in [3.05, 3.63) is 65.0 Å². The molecule has 0 saturated heterocycles. The summed E-state index contributed by atoms with van der Waals surface area (Å²) in [6, 6.07) is 14.1. The lowest BCUT2D eigenvalue weighted by atomic mass is 10.0. The van der Waals surface area contributed by atoms with Gasteiger partial charge >= 0.3 is 6.03 Å². The largest absolute Gasteiger partial charge is 0.334 e. The zero-order valence-electron chi connectivity index (χ0n) is 15.1. The fourth-order valence-corrected chi connectivity index (χ4v) is 3.36. The Morgan fingerprint density at radius 2 is 1.88 bits per heavy atom. The lowest BCUT2D eigenvalue weighted by Crippen LogP contribution is -2.37. The number of carbonyl (C=O) groups is 1. The first kappa shape index (κ1) is 17.0. The molecule has 5 heteroatoms. The molecule has 0 bridgehead atoms. The summed E-state index contributed by atoms with van der Waals surface area (Å²) in [5, 5.41) is 12.7. The van der Waals surface area contributed by atoms with Gasteiger partial charge in [-0.3, -0.25) is 4.68 Å². The predicted molar refractivity (Wildman–Crippen MR) is 100 cm³/mol. The zero-order valence-corrected chi connectivity index (χ0v) is 15.1. The van der Waals surface area contributed by atoms with Gasteiger partial charge in [0.05, 0.1) is 11.7 Å². The molecule has 3 aromatic rings. The highest BCUT2D eigenvalue weighted by atomic mass is 16.2. The van der Waals surface area contributed by atoms with Crippen molar-refractivity contribution in [2.24, 2.45) is 7.05 Å². The molecule has 5 nitrogen and oxygen atoms in total. The minimum Gasteiger partial charge on any atom is -0.334 e. The molecular formula is C20H24N4O. The van der Waals surface area contributed by atoms with Crippen LogP contribution in [-0.4, -0.2) is 15.8 Å². The van der Waals surface area contributed by atoms with E-state index >= 15 is 0 Å². The van der Waals surface area contributed by atoms with Gasteiger partial charge in [0.1, 0.15) is 0 Å². The Labute approximate surface area is 148 Å². The van der Waals surface area contributed by atoms with Crippen LogP contribution in [0.3, 0.4) is 0 Å². The highest BCUT2D eigenvalue weighted by Gasteiger charge is 2.18. The van der Waals surface area contributed by atoms with E-state index in [2.05, 4.69) is 33.9 Å². The standard InChI is InChI=1S/C20H24N4O/c1-13(19-14(2)23-24(4)15(19)3)22-20(25)21-12-17-10-7-9-16-8-5-6-11-18(16)17/h5-11,13H,12H2,1-4H3,(H2,21,22,25)/t13-/m1/s1. The third-order valence-corrected chi connectivity index (χ3v) is 4.66. The first-order valence-electron chi connectivity index (χ1n) is 8.48. The van der Waals surface area contributed by atoms with E-state index in [1.807, 2.05) is 56.8 Å². The molecule has 1 heterocycles. The first-order valence-corrected chi connectivity index (χ1v) is 8.48. The number of fused-ring (bicyclic) bond motifs is 1. The lowest BCUT2D eigenvalue weighted by Gasteiger charge is -2.16. The van der Waals surface area contributed by atoms with Crippen molar-refractivity contribution in [2.75, 3.05) is 0 Å². The van der Waals surface area contributed by atoms with E-state index in [-0.39, 0.29) is 12.1 Å². The van der Waals surface area contributed by atoms with Crippen molar-refractivity contribution in [1.29, 1.82) is 0 Å². The van der Waals surface area contributed by atoms with E-state index in [4.69, 9.17) is 0 Å². The summed E-state index contributed by atoms with van der Waals surface area (Å²) in [6.07, 6.45) is 0. The van der Waals surface area contributed by atoms with Gasteiger partial charge < -0.3 is 10.6 Å². The maximum Gasteiger partial charge on any atom is 0.315 e. The maximum absolute atomic E-state index is 12.3. The summed E-state index contributed by atoms with van der Waals surface area (Å²) in [7, 11) is 1.92. The molecule has 0 aliphatic rings. The second kappa shape index (κ2) is 6.97. The molecular weight excluding hydrogens is 312 g/mol. The van der Waals surface area contributed by atoms with Gasteiger partial charge in [-0.1, -0.05) is 42.5 Å². The van der Waals surface area contributed by atoms with Crippen molar-refractivity contribution in [1.82, 2.24) is 20.4 Å². The zero-order chi connectivity index (χ0) is 18.0. The number of amides is 2. The number of nitrogens with zero attached hydrogens (tertiary/aromatic N) is 2. The Bertz CT molecular complexity index is 908. The Morgan fingerprint density at radius 1 is 1.16 bits per heavy atom. The fraction of sp³-hybridized carbons (Fsp3) is 0.300. The maximum atomic E-state index is 12.3. The van der Waals surface area contributed by atoms with Crippen LogP contribution in [0, 0.1) is 13.8 Å². The minimum atomic E-state index is -0.178. The summed E-state index contributed by atoms with van der Waals surface area (Å²) in [6.45, 7) is 6.45. The van der Waals surface area contributed by atoms with Crippen molar-refractivity contribution in [2.45, 2.75) is 33.4 Å². The third kappa shape index (κ3) is 3.50. The normalized spacial score (nSPS) is 12.2. The second-order valence-corrected chi connectivity index (χ2v) is 6.40. The van der Waals surface area contributed by atoms with Gasteiger partial charge in [0, 0.05) is 24.8 Å². The van der Waals surface area contributed by atoms with E-state index in [1.54, 1.807) is 0 Å². The lowest BCUT2D eigenvalue weighted by molar-refractivity contribution is 0.237. The molecule has 2 N–H and O–H groups in total. The highest BCUT2D eigenvalue weighted by molar-refractivity contribution is 5.86. The molecule has 0 aliphatic carbocycles. The molecule has 130 valence electrons. The number of urea groups is 1. The number of hydrogen-bond acceptors (Lipinski definition) is 2. The molecule has 1 atom stereocenters. The molecule has 2 aromatic carbocycles. The SMILES string of the molecule is Cc1nn(C)c(C)c1[C@@H](C)NC(=O)NCc1cccc2ccccc12. The van der Waals surface area contributed by atoms with Crippen LogP contribution < -0.4 is 10.6 Å². The van der Waals surface area contributed by atoms with Crippen LogP contribution in [-0.2, 0) is 13.6 Å². The number of nitrogens with one attached hydrogen (secondary N) is 2. The van der Waals surface area contributed by atoms with Crippen LogP contribution in [0.15, 0.2) is 42.5 Å². The summed E-state index contributed by atoms with van der Waals surface area (Å²) in [4.78, 5) is 12.3. The van der Waals surface area contributed by atoms with Crippen molar-refractivity contribution < 1.29 is 4.79 Å². The average Bonchev–Trinajstić information content (AvgIpc) is 2.85. The highest BCUT2D eigenvalue weighted by Crippen LogP contribution is 2.21.